The maximum Gasteiger partial charge on any atom is 0.220 e. The number of nitrogens with one attached hydrogen (secondary N) is 2. The first-order valence-corrected chi connectivity index (χ1v) is 7.70. The van der Waals surface area contributed by atoms with E-state index in [2.05, 4.69) is 32.6 Å². The first-order chi connectivity index (χ1) is 9.15. The molecular formula is C15H22BrClN2O. The van der Waals surface area contributed by atoms with Crippen molar-refractivity contribution in [1.82, 2.24) is 10.6 Å². The Morgan fingerprint density at radius 3 is 2.80 bits per heavy atom. The van der Waals surface area contributed by atoms with Gasteiger partial charge in [0.15, 0.2) is 0 Å². The number of halogens is 2. The average molecular weight is 362 g/mol. The molecule has 1 fully saturated rings. The molecule has 1 aromatic carbocycles. The lowest BCUT2D eigenvalue weighted by atomic mass is 9.94. The van der Waals surface area contributed by atoms with E-state index in [4.69, 9.17) is 0 Å². The molecule has 0 aromatic heterocycles. The summed E-state index contributed by atoms with van der Waals surface area (Å²) in [6, 6.07) is 8.14. The lowest BCUT2D eigenvalue weighted by Gasteiger charge is -2.23. The highest BCUT2D eigenvalue weighted by molar-refractivity contribution is 9.10. The van der Waals surface area contributed by atoms with E-state index in [0.717, 1.165) is 36.0 Å². The summed E-state index contributed by atoms with van der Waals surface area (Å²) < 4.78 is 1.05. The Morgan fingerprint density at radius 2 is 2.15 bits per heavy atom. The maximum absolute atomic E-state index is 12.0. The van der Waals surface area contributed by atoms with Gasteiger partial charge in [-0.15, -0.1) is 12.4 Å². The van der Waals surface area contributed by atoms with Crippen LogP contribution in [0.4, 0.5) is 0 Å². The number of amides is 1. The zero-order valence-corrected chi connectivity index (χ0v) is 14.1. The van der Waals surface area contributed by atoms with E-state index in [1.54, 1.807) is 0 Å². The second-order valence-electron chi connectivity index (χ2n) is 5.24. The van der Waals surface area contributed by atoms with Gasteiger partial charge in [-0.05, 0) is 56.5 Å². The number of hydrogen-bond acceptors (Lipinski definition) is 2. The smallest absolute Gasteiger partial charge is 0.220 e. The lowest BCUT2D eigenvalue weighted by molar-refractivity contribution is -0.122. The van der Waals surface area contributed by atoms with Crippen molar-refractivity contribution < 1.29 is 4.79 Å². The van der Waals surface area contributed by atoms with Crippen molar-refractivity contribution >= 4 is 34.2 Å². The predicted octanol–water partition coefficient (Wildman–Crippen LogP) is 3.44. The molecule has 5 heteroatoms. The third-order valence-corrected chi connectivity index (χ3v) is 4.15. The third kappa shape index (κ3) is 5.43. The van der Waals surface area contributed by atoms with Crippen molar-refractivity contribution in [1.29, 1.82) is 0 Å². The highest BCUT2D eigenvalue weighted by atomic mass is 79.9. The molecule has 112 valence electrons. The molecule has 1 aromatic rings. The first kappa shape index (κ1) is 17.5. The number of benzene rings is 1. The molecule has 0 bridgehead atoms. The summed E-state index contributed by atoms with van der Waals surface area (Å²) in [5, 5.41) is 6.41. The SMILES string of the molecule is CC(NC(=O)CC1CCNCC1)c1cccc(Br)c1.Cl. The van der Waals surface area contributed by atoms with E-state index in [1.165, 1.54) is 0 Å². The van der Waals surface area contributed by atoms with Crippen molar-refractivity contribution in [3.8, 4) is 0 Å². The van der Waals surface area contributed by atoms with Crippen LogP contribution in [0.3, 0.4) is 0 Å². The van der Waals surface area contributed by atoms with Crippen molar-refractivity contribution in [2.45, 2.75) is 32.2 Å². The Balaban J connectivity index is 0.00000200. The van der Waals surface area contributed by atoms with Gasteiger partial charge < -0.3 is 10.6 Å². The van der Waals surface area contributed by atoms with Crippen LogP contribution in [-0.2, 0) is 4.79 Å². The summed E-state index contributed by atoms with van der Waals surface area (Å²) in [7, 11) is 0. The highest BCUT2D eigenvalue weighted by Gasteiger charge is 2.18. The van der Waals surface area contributed by atoms with Gasteiger partial charge >= 0.3 is 0 Å². The van der Waals surface area contributed by atoms with Gasteiger partial charge in [-0.1, -0.05) is 28.1 Å². The van der Waals surface area contributed by atoms with Crippen molar-refractivity contribution in [3.63, 3.8) is 0 Å². The minimum absolute atomic E-state index is 0. The van der Waals surface area contributed by atoms with Crippen molar-refractivity contribution in [2.75, 3.05) is 13.1 Å². The minimum Gasteiger partial charge on any atom is -0.350 e. The van der Waals surface area contributed by atoms with E-state index < -0.39 is 0 Å². The molecule has 2 N–H and O–H groups in total. The Kier molecular flexibility index (Phi) is 7.56. The van der Waals surface area contributed by atoms with Crippen LogP contribution in [-0.4, -0.2) is 19.0 Å². The van der Waals surface area contributed by atoms with Gasteiger partial charge in [-0.3, -0.25) is 4.79 Å². The van der Waals surface area contributed by atoms with Gasteiger partial charge in [-0.25, -0.2) is 0 Å². The van der Waals surface area contributed by atoms with E-state index >= 15 is 0 Å². The molecule has 1 atom stereocenters. The van der Waals surface area contributed by atoms with E-state index in [9.17, 15) is 4.79 Å². The van der Waals surface area contributed by atoms with Gasteiger partial charge in [0.05, 0.1) is 6.04 Å². The van der Waals surface area contributed by atoms with Gasteiger partial charge in [0.1, 0.15) is 0 Å². The molecule has 0 radical (unpaired) electrons. The molecule has 1 heterocycles. The number of hydrogen-bond donors (Lipinski definition) is 2. The molecule has 1 aliphatic rings. The molecule has 2 rings (SSSR count). The van der Waals surface area contributed by atoms with Crippen molar-refractivity contribution in [2.24, 2.45) is 5.92 Å². The zero-order chi connectivity index (χ0) is 13.7. The Labute approximate surface area is 135 Å². The van der Waals surface area contributed by atoms with Crippen LogP contribution in [0.15, 0.2) is 28.7 Å². The molecule has 0 aliphatic carbocycles. The lowest BCUT2D eigenvalue weighted by Crippen LogP contribution is -2.33. The molecule has 1 saturated heterocycles. The van der Waals surface area contributed by atoms with Crippen LogP contribution in [0.1, 0.15) is 37.8 Å². The molecule has 0 spiro atoms. The fourth-order valence-electron chi connectivity index (χ4n) is 2.51. The molecule has 20 heavy (non-hydrogen) atoms. The average Bonchev–Trinajstić information content (AvgIpc) is 2.39. The molecule has 1 unspecified atom stereocenters. The van der Waals surface area contributed by atoms with Crippen LogP contribution >= 0.6 is 28.3 Å². The van der Waals surface area contributed by atoms with Gasteiger partial charge in [0, 0.05) is 10.9 Å². The predicted molar refractivity (Wildman–Crippen MR) is 88.2 cm³/mol. The van der Waals surface area contributed by atoms with Gasteiger partial charge in [-0.2, -0.15) is 0 Å². The number of carbonyl (C=O) groups excluding carboxylic acids is 1. The normalized spacial score (nSPS) is 17.1. The number of carbonyl (C=O) groups is 1. The summed E-state index contributed by atoms with van der Waals surface area (Å²) in [5.41, 5.74) is 1.13. The quantitative estimate of drug-likeness (QED) is 0.862. The molecule has 1 amide bonds. The van der Waals surface area contributed by atoms with Crippen LogP contribution in [0, 0.1) is 5.92 Å². The third-order valence-electron chi connectivity index (χ3n) is 3.66. The van der Waals surface area contributed by atoms with E-state index in [-0.39, 0.29) is 24.4 Å². The maximum atomic E-state index is 12.0. The summed E-state index contributed by atoms with van der Waals surface area (Å²) in [6.07, 6.45) is 2.87. The van der Waals surface area contributed by atoms with Crippen LogP contribution in [0.25, 0.3) is 0 Å². The molecule has 0 saturated carbocycles. The van der Waals surface area contributed by atoms with E-state index in [0.29, 0.717) is 12.3 Å². The number of rotatable bonds is 4. The summed E-state index contributed by atoms with van der Waals surface area (Å²) in [4.78, 5) is 12.0. The highest BCUT2D eigenvalue weighted by Crippen LogP contribution is 2.19. The van der Waals surface area contributed by atoms with Crippen molar-refractivity contribution in [3.05, 3.63) is 34.3 Å². The van der Waals surface area contributed by atoms with Crippen LogP contribution < -0.4 is 10.6 Å². The monoisotopic (exact) mass is 360 g/mol. The standard InChI is InChI=1S/C15H21BrN2O.ClH/c1-11(13-3-2-4-14(16)10-13)18-15(19)9-12-5-7-17-8-6-12;/h2-4,10-12,17H,5-9H2,1H3,(H,18,19);1H. The minimum atomic E-state index is 0. The first-order valence-electron chi connectivity index (χ1n) is 6.90. The summed E-state index contributed by atoms with van der Waals surface area (Å²) in [5.74, 6) is 0.704. The fourth-order valence-corrected chi connectivity index (χ4v) is 2.92. The summed E-state index contributed by atoms with van der Waals surface area (Å²) >= 11 is 3.46. The zero-order valence-electron chi connectivity index (χ0n) is 11.7. The van der Waals surface area contributed by atoms with E-state index in [1.807, 2.05) is 25.1 Å². The van der Waals surface area contributed by atoms with Gasteiger partial charge in [0.25, 0.3) is 0 Å². The molecule has 1 aliphatic heterocycles. The summed E-state index contributed by atoms with van der Waals surface area (Å²) in [6.45, 7) is 4.11. The fraction of sp³-hybridized carbons (Fsp3) is 0.533. The Bertz CT molecular complexity index is 436. The molecule has 3 nitrogen and oxygen atoms in total. The largest absolute Gasteiger partial charge is 0.350 e. The number of piperidine rings is 1. The topological polar surface area (TPSA) is 41.1 Å². The second kappa shape index (κ2) is 8.65. The van der Waals surface area contributed by atoms with Crippen LogP contribution in [0.2, 0.25) is 0 Å². The van der Waals surface area contributed by atoms with Crippen LogP contribution in [0.5, 0.6) is 0 Å². The Hall–Kier alpha value is -0.580. The molecular weight excluding hydrogens is 340 g/mol. The van der Waals surface area contributed by atoms with Gasteiger partial charge in [0.2, 0.25) is 5.91 Å². The Morgan fingerprint density at radius 1 is 1.45 bits per heavy atom. The second-order valence-corrected chi connectivity index (χ2v) is 6.16.